The number of nitrogens with one attached hydrogen (secondary N) is 1. The summed E-state index contributed by atoms with van der Waals surface area (Å²) < 4.78 is 13.5. The van der Waals surface area contributed by atoms with Crippen LogP contribution in [0.1, 0.15) is 16.7 Å². The van der Waals surface area contributed by atoms with E-state index in [2.05, 4.69) is 36.5 Å². The summed E-state index contributed by atoms with van der Waals surface area (Å²) in [6, 6.07) is 13.2. The van der Waals surface area contributed by atoms with Crippen molar-refractivity contribution in [1.29, 1.82) is 0 Å². The highest BCUT2D eigenvalue weighted by molar-refractivity contribution is 6.31. The molecule has 3 heteroatoms. The average Bonchev–Trinajstić information content (AvgIpc) is 2.37. The molecule has 0 fully saturated rings. The molecule has 0 heterocycles. The Bertz CT molecular complexity index is 534. The maximum Gasteiger partial charge on any atom is 0.129 e. The molecule has 0 saturated carbocycles. The highest BCUT2D eigenvalue weighted by Crippen LogP contribution is 2.18. The van der Waals surface area contributed by atoms with Gasteiger partial charge in [-0.2, -0.15) is 0 Å². The SMILES string of the molecule is Cc1cccc(CCNCc2c(F)cccc2Cl)c1. The molecule has 0 amide bonds. The Labute approximate surface area is 118 Å². The van der Waals surface area contributed by atoms with Crippen molar-refractivity contribution >= 4 is 11.6 Å². The molecule has 0 radical (unpaired) electrons. The van der Waals surface area contributed by atoms with Gasteiger partial charge in [0.05, 0.1) is 0 Å². The van der Waals surface area contributed by atoms with Gasteiger partial charge in [0, 0.05) is 17.1 Å². The van der Waals surface area contributed by atoms with Gasteiger partial charge in [0.1, 0.15) is 5.82 Å². The van der Waals surface area contributed by atoms with Crippen molar-refractivity contribution < 1.29 is 4.39 Å². The maximum atomic E-state index is 13.5. The molecule has 0 spiro atoms. The van der Waals surface area contributed by atoms with Crippen LogP contribution in [0.5, 0.6) is 0 Å². The Morgan fingerprint density at radius 2 is 1.95 bits per heavy atom. The van der Waals surface area contributed by atoms with Crippen molar-refractivity contribution in [2.75, 3.05) is 6.54 Å². The highest BCUT2D eigenvalue weighted by Gasteiger charge is 2.05. The van der Waals surface area contributed by atoms with Crippen molar-refractivity contribution in [2.45, 2.75) is 19.9 Å². The van der Waals surface area contributed by atoms with E-state index in [4.69, 9.17) is 11.6 Å². The number of benzene rings is 2. The third-order valence-corrected chi connectivity index (χ3v) is 3.39. The molecule has 0 saturated heterocycles. The number of rotatable bonds is 5. The van der Waals surface area contributed by atoms with Gasteiger partial charge in [-0.05, 0) is 37.6 Å². The maximum absolute atomic E-state index is 13.5. The Kier molecular flexibility index (Phi) is 4.94. The van der Waals surface area contributed by atoms with Crippen LogP contribution in [0, 0.1) is 12.7 Å². The van der Waals surface area contributed by atoms with Gasteiger partial charge in [-0.3, -0.25) is 0 Å². The van der Waals surface area contributed by atoms with Crippen molar-refractivity contribution in [1.82, 2.24) is 5.32 Å². The second kappa shape index (κ2) is 6.69. The van der Waals surface area contributed by atoms with E-state index in [-0.39, 0.29) is 5.82 Å². The molecular weight excluding hydrogens is 261 g/mol. The molecule has 1 nitrogen and oxygen atoms in total. The molecule has 100 valence electrons. The summed E-state index contributed by atoms with van der Waals surface area (Å²) in [5, 5.41) is 3.70. The minimum Gasteiger partial charge on any atom is -0.312 e. The molecule has 0 aliphatic rings. The minimum absolute atomic E-state index is 0.254. The first-order valence-corrected chi connectivity index (χ1v) is 6.74. The lowest BCUT2D eigenvalue weighted by molar-refractivity contribution is 0.588. The number of hydrogen-bond donors (Lipinski definition) is 1. The van der Waals surface area contributed by atoms with E-state index in [9.17, 15) is 4.39 Å². The topological polar surface area (TPSA) is 12.0 Å². The predicted octanol–water partition coefficient (Wildman–Crippen LogP) is 4.12. The summed E-state index contributed by atoms with van der Waals surface area (Å²) in [6.07, 6.45) is 0.924. The van der Waals surface area contributed by atoms with E-state index < -0.39 is 0 Å². The van der Waals surface area contributed by atoms with Crippen molar-refractivity contribution in [3.63, 3.8) is 0 Å². The van der Waals surface area contributed by atoms with Crippen LogP contribution in [0.15, 0.2) is 42.5 Å². The summed E-state index contributed by atoms with van der Waals surface area (Å²) in [5.41, 5.74) is 3.08. The second-order valence-corrected chi connectivity index (χ2v) is 5.02. The molecule has 0 unspecified atom stereocenters. The largest absolute Gasteiger partial charge is 0.312 e. The summed E-state index contributed by atoms with van der Waals surface area (Å²) >= 11 is 5.97. The number of hydrogen-bond acceptors (Lipinski definition) is 1. The molecule has 2 aromatic rings. The smallest absolute Gasteiger partial charge is 0.129 e. The lowest BCUT2D eigenvalue weighted by atomic mass is 10.1. The van der Waals surface area contributed by atoms with E-state index >= 15 is 0 Å². The number of halogens is 2. The Balaban J connectivity index is 1.84. The van der Waals surface area contributed by atoms with Gasteiger partial charge in [-0.15, -0.1) is 0 Å². The molecular formula is C16H17ClFN. The van der Waals surface area contributed by atoms with Crippen LogP contribution < -0.4 is 5.32 Å². The quantitative estimate of drug-likeness (QED) is 0.811. The van der Waals surface area contributed by atoms with Crippen molar-refractivity contribution in [3.8, 4) is 0 Å². The fourth-order valence-electron chi connectivity index (χ4n) is 2.01. The fourth-order valence-corrected chi connectivity index (χ4v) is 2.24. The van der Waals surface area contributed by atoms with E-state index in [1.165, 1.54) is 17.2 Å². The average molecular weight is 278 g/mol. The molecule has 0 bridgehead atoms. The lowest BCUT2D eigenvalue weighted by Gasteiger charge is -2.08. The molecule has 2 rings (SSSR count). The zero-order chi connectivity index (χ0) is 13.7. The van der Waals surface area contributed by atoms with Crippen LogP contribution in [-0.4, -0.2) is 6.54 Å². The summed E-state index contributed by atoms with van der Waals surface area (Å²) in [6.45, 7) is 3.33. The molecule has 1 N–H and O–H groups in total. The zero-order valence-corrected chi connectivity index (χ0v) is 11.7. The van der Waals surface area contributed by atoms with Crippen LogP contribution in [-0.2, 0) is 13.0 Å². The monoisotopic (exact) mass is 277 g/mol. The zero-order valence-electron chi connectivity index (χ0n) is 10.9. The Hall–Kier alpha value is -1.38. The summed E-state index contributed by atoms with van der Waals surface area (Å²) in [4.78, 5) is 0. The molecule has 0 atom stereocenters. The fraction of sp³-hybridized carbons (Fsp3) is 0.250. The molecule has 19 heavy (non-hydrogen) atoms. The van der Waals surface area contributed by atoms with Gasteiger partial charge in [0.25, 0.3) is 0 Å². The summed E-state index contributed by atoms with van der Waals surface area (Å²) in [5.74, 6) is -0.254. The van der Waals surface area contributed by atoms with Crippen LogP contribution in [0.25, 0.3) is 0 Å². The Morgan fingerprint density at radius 1 is 1.16 bits per heavy atom. The standard InChI is InChI=1S/C16H17ClFN/c1-12-4-2-5-13(10-12)8-9-19-11-14-15(17)6-3-7-16(14)18/h2-7,10,19H,8-9,11H2,1H3. The van der Waals surface area contributed by atoms with Gasteiger partial charge in [-0.25, -0.2) is 4.39 Å². The van der Waals surface area contributed by atoms with Crippen molar-refractivity contribution in [3.05, 3.63) is 70.0 Å². The van der Waals surface area contributed by atoms with E-state index in [1.54, 1.807) is 12.1 Å². The van der Waals surface area contributed by atoms with Gasteiger partial charge in [0.2, 0.25) is 0 Å². The first kappa shape index (κ1) is 14.0. The molecule has 0 aromatic heterocycles. The van der Waals surface area contributed by atoms with Crippen LogP contribution in [0.3, 0.4) is 0 Å². The minimum atomic E-state index is -0.254. The van der Waals surface area contributed by atoms with Gasteiger partial charge < -0.3 is 5.32 Å². The number of aryl methyl sites for hydroxylation is 1. The normalized spacial score (nSPS) is 10.7. The van der Waals surface area contributed by atoms with Gasteiger partial charge >= 0.3 is 0 Å². The van der Waals surface area contributed by atoms with Crippen LogP contribution in [0.2, 0.25) is 5.02 Å². The molecule has 0 aliphatic carbocycles. The first-order valence-electron chi connectivity index (χ1n) is 6.36. The molecule has 2 aromatic carbocycles. The van der Waals surface area contributed by atoms with E-state index in [1.807, 2.05) is 0 Å². The highest BCUT2D eigenvalue weighted by atomic mass is 35.5. The van der Waals surface area contributed by atoms with E-state index in [0.29, 0.717) is 17.1 Å². The van der Waals surface area contributed by atoms with Crippen molar-refractivity contribution in [2.24, 2.45) is 0 Å². The lowest BCUT2D eigenvalue weighted by Crippen LogP contribution is -2.17. The molecule has 0 aliphatic heterocycles. The third kappa shape index (κ3) is 4.05. The van der Waals surface area contributed by atoms with Gasteiger partial charge in [-0.1, -0.05) is 47.5 Å². The van der Waals surface area contributed by atoms with E-state index in [0.717, 1.165) is 13.0 Å². The van der Waals surface area contributed by atoms with Crippen LogP contribution in [0.4, 0.5) is 4.39 Å². The summed E-state index contributed by atoms with van der Waals surface area (Å²) in [7, 11) is 0. The Morgan fingerprint density at radius 3 is 2.68 bits per heavy atom. The second-order valence-electron chi connectivity index (χ2n) is 4.62. The predicted molar refractivity (Wildman–Crippen MR) is 78.0 cm³/mol. The third-order valence-electron chi connectivity index (χ3n) is 3.04. The van der Waals surface area contributed by atoms with Crippen LogP contribution >= 0.6 is 11.6 Å². The van der Waals surface area contributed by atoms with Gasteiger partial charge in [0.15, 0.2) is 0 Å². The first-order chi connectivity index (χ1) is 9.16.